The van der Waals surface area contributed by atoms with Gasteiger partial charge < -0.3 is 4.74 Å². The zero-order valence-electron chi connectivity index (χ0n) is 10.5. The van der Waals surface area contributed by atoms with E-state index >= 15 is 0 Å². The summed E-state index contributed by atoms with van der Waals surface area (Å²) < 4.78 is 5.45. The first kappa shape index (κ1) is 13.1. The fraction of sp³-hybridized carbons (Fsp3) is 0.429. The lowest BCUT2D eigenvalue weighted by Crippen LogP contribution is -2.20. The SMILES string of the molecule is CCCC(=O)c1cc2c(cc1C)OC(C(=O)Cl)C2. The van der Waals surface area contributed by atoms with E-state index in [1.165, 1.54) is 0 Å². The van der Waals surface area contributed by atoms with E-state index in [0.29, 0.717) is 18.6 Å². The molecule has 0 aromatic heterocycles. The van der Waals surface area contributed by atoms with Crippen molar-refractivity contribution in [3.63, 3.8) is 0 Å². The minimum Gasteiger partial charge on any atom is -0.481 e. The molecule has 1 heterocycles. The summed E-state index contributed by atoms with van der Waals surface area (Å²) in [7, 11) is 0. The molecule has 4 heteroatoms. The highest BCUT2D eigenvalue weighted by atomic mass is 35.5. The van der Waals surface area contributed by atoms with Gasteiger partial charge in [-0.2, -0.15) is 0 Å². The van der Waals surface area contributed by atoms with Gasteiger partial charge in [0.05, 0.1) is 0 Å². The normalized spacial score (nSPS) is 17.2. The molecule has 0 fully saturated rings. The Morgan fingerprint density at radius 2 is 2.17 bits per heavy atom. The molecule has 96 valence electrons. The van der Waals surface area contributed by atoms with Gasteiger partial charge in [-0.05, 0) is 48.2 Å². The third kappa shape index (κ3) is 2.41. The number of hydrogen-bond acceptors (Lipinski definition) is 3. The number of aryl methyl sites for hydroxylation is 1. The maximum Gasteiger partial charge on any atom is 0.262 e. The van der Waals surface area contributed by atoms with Crippen molar-refractivity contribution < 1.29 is 14.3 Å². The Balaban J connectivity index is 2.31. The summed E-state index contributed by atoms with van der Waals surface area (Å²) in [6.07, 6.45) is 1.20. The minimum absolute atomic E-state index is 0.137. The van der Waals surface area contributed by atoms with Crippen LogP contribution in [0.2, 0.25) is 0 Å². The number of halogens is 1. The van der Waals surface area contributed by atoms with E-state index in [9.17, 15) is 9.59 Å². The Labute approximate surface area is 111 Å². The molecule has 2 rings (SSSR count). The number of carbonyl (C=O) groups excluding carboxylic acids is 2. The quantitative estimate of drug-likeness (QED) is 0.621. The standard InChI is InChI=1S/C14H15ClO3/c1-3-4-11(16)10-6-9-7-13(14(15)17)18-12(9)5-8(10)2/h5-6,13H,3-4,7H2,1-2H3. The Morgan fingerprint density at radius 1 is 1.44 bits per heavy atom. The zero-order valence-corrected chi connectivity index (χ0v) is 11.2. The topological polar surface area (TPSA) is 43.4 Å². The van der Waals surface area contributed by atoms with E-state index in [0.717, 1.165) is 23.1 Å². The predicted octanol–water partition coefficient (Wildman–Crippen LogP) is 3.05. The third-order valence-electron chi connectivity index (χ3n) is 3.11. The van der Waals surface area contributed by atoms with E-state index in [2.05, 4.69) is 0 Å². The Bertz CT molecular complexity index is 508. The van der Waals surface area contributed by atoms with Crippen molar-refractivity contribution in [3.8, 4) is 5.75 Å². The highest BCUT2D eigenvalue weighted by Crippen LogP contribution is 2.32. The summed E-state index contributed by atoms with van der Waals surface area (Å²) in [4.78, 5) is 23.0. The molecule has 0 saturated heterocycles. The third-order valence-corrected chi connectivity index (χ3v) is 3.36. The van der Waals surface area contributed by atoms with Crippen LogP contribution in [0.25, 0.3) is 0 Å². The van der Waals surface area contributed by atoms with E-state index in [-0.39, 0.29) is 5.78 Å². The number of fused-ring (bicyclic) bond motifs is 1. The summed E-state index contributed by atoms with van der Waals surface area (Å²) >= 11 is 5.44. The molecule has 1 aliphatic heterocycles. The number of ketones is 1. The van der Waals surface area contributed by atoms with Crippen molar-refractivity contribution in [3.05, 3.63) is 28.8 Å². The lowest BCUT2D eigenvalue weighted by molar-refractivity contribution is -0.117. The number of rotatable bonds is 4. The van der Waals surface area contributed by atoms with Crippen molar-refractivity contribution in [2.24, 2.45) is 0 Å². The second kappa shape index (κ2) is 5.11. The zero-order chi connectivity index (χ0) is 13.3. The van der Waals surface area contributed by atoms with Gasteiger partial charge in [0, 0.05) is 18.4 Å². The van der Waals surface area contributed by atoms with Gasteiger partial charge in [-0.3, -0.25) is 9.59 Å². The summed E-state index contributed by atoms with van der Waals surface area (Å²) in [5.41, 5.74) is 2.50. The van der Waals surface area contributed by atoms with E-state index < -0.39 is 11.3 Å². The van der Waals surface area contributed by atoms with Gasteiger partial charge in [-0.1, -0.05) is 6.92 Å². The van der Waals surface area contributed by atoms with Crippen molar-refractivity contribution >= 4 is 22.6 Å². The van der Waals surface area contributed by atoms with Crippen molar-refractivity contribution in [1.29, 1.82) is 0 Å². The van der Waals surface area contributed by atoms with Gasteiger partial charge in [0.25, 0.3) is 5.24 Å². The number of benzene rings is 1. The maximum atomic E-state index is 11.9. The van der Waals surface area contributed by atoms with Gasteiger partial charge in [0.1, 0.15) is 5.75 Å². The largest absolute Gasteiger partial charge is 0.481 e. The molecular weight excluding hydrogens is 252 g/mol. The van der Waals surface area contributed by atoms with Gasteiger partial charge in [-0.15, -0.1) is 0 Å². The van der Waals surface area contributed by atoms with Crippen LogP contribution in [0.4, 0.5) is 0 Å². The molecular formula is C14H15ClO3. The Morgan fingerprint density at radius 3 is 2.78 bits per heavy atom. The van der Waals surface area contributed by atoms with Gasteiger partial charge in [0.2, 0.25) is 0 Å². The lowest BCUT2D eigenvalue weighted by Gasteiger charge is -2.07. The van der Waals surface area contributed by atoms with Crippen molar-refractivity contribution in [2.75, 3.05) is 0 Å². The van der Waals surface area contributed by atoms with Crippen LogP contribution in [-0.4, -0.2) is 17.1 Å². The van der Waals surface area contributed by atoms with E-state index in [1.807, 2.05) is 26.0 Å². The molecule has 1 aliphatic rings. The average Bonchev–Trinajstić information content (AvgIpc) is 2.71. The molecule has 1 unspecified atom stereocenters. The minimum atomic E-state index is -0.613. The molecule has 0 bridgehead atoms. The molecule has 0 radical (unpaired) electrons. The van der Waals surface area contributed by atoms with Crippen molar-refractivity contribution in [1.82, 2.24) is 0 Å². The lowest BCUT2D eigenvalue weighted by atomic mass is 9.97. The predicted molar refractivity (Wildman–Crippen MR) is 69.4 cm³/mol. The Kier molecular flexibility index (Phi) is 3.71. The second-order valence-corrected chi connectivity index (χ2v) is 4.94. The molecule has 0 aliphatic carbocycles. The molecule has 1 atom stereocenters. The van der Waals surface area contributed by atoms with E-state index in [1.54, 1.807) is 0 Å². The summed E-state index contributed by atoms with van der Waals surface area (Å²) in [5.74, 6) is 0.804. The van der Waals surface area contributed by atoms with Gasteiger partial charge in [-0.25, -0.2) is 0 Å². The highest BCUT2D eigenvalue weighted by Gasteiger charge is 2.29. The van der Waals surface area contributed by atoms with Gasteiger partial charge in [0.15, 0.2) is 11.9 Å². The summed E-state index contributed by atoms with van der Waals surface area (Å²) in [6, 6.07) is 3.65. The van der Waals surface area contributed by atoms with Gasteiger partial charge >= 0.3 is 0 Å². The van der Waals surface area contributed by atoms with Crippen LogP contribution in [0.15, 0.2) is 12.1 Å². The van der Waals surface area contributed by atoms with Crippen LogP contribution >= 0.6 is 11.6 Å². The molecule has 1 aromatic rings. The van der Waals surface area contributed by atoms with Crippen LogP contribution in [0.3, 0.4) is 0 Å². The average molecular weight is 267 g/mol. The molecule has 3 nitrogen and oxygen atoms in total. The number of ether oxygens (including phenoxy) is 1. The number of Topliss-reactive ketones (excluding diaryl/α,β-unsaturated/α-hetero) is 1. The van der Waals surface area contributed by atoms with Crippen molar-refractivity contribution in [2.45, 2.75) is 39.2 Å². The molecule has 0 amide bonds. The molecule has 0 saturated carbocycles. The van der Waals surface area contributed by atoms with Crippen LogP contribution in [0.5, 0.6) is 5.75 Å². The van der Waals surface area contributed by atoms with Crippen LogP contribution < -0.4 is 4.74 Å². The summed E-state index contributed by atoms with van der Waals surface area (Å²) in [5, 5.41) is -0.495. The molecule has 0 N–H and O–H groups in total. The van der Waals surface area contributed by atoms with Crippen LogP contribution in [-0.2, 0) is 11.2 Å². The Hall–Kier alpha value is -1.35. The fourth-order valence-corrected chi connectivity index (χ4v) is 2.30. The monoisotopic (exact) mass is 266 g/mol. The first-order valence-corrected chi connectivity index (χ1v) is 6.43. The molecule has 1 aromatic carbocycles. The van der Waals surface area contributed by atoms with Crippen LogP contribution in [0, 0.1) is 6.92 Å². The smallest absolute Gasteiger partial charge is 0.262 e. The second-order valence-electron chi connectivity index (χ2n) is 4.56. The van der Waals surface area contributed by atoms with Crippen LogP contribution in [0.1, 0.15) is 41.3 Å². The first-order chi connectivity index (χ1) is 8.52. The fourth-order valence-electron chi connectivity index (χ4n) is 2.18. The first-order valence-electron chi connectivity index (χ1n) is 6.05. The molecule has 0 spiro atoms. The number of hydrogen-bond donors (Lipinski definition) is 0. The molecule has 18 heavy (non-hydrogen) atoms. The highest BCUT2D eigenvalue weighted by molar-refractivity contribution is 6.64. The number of carbonyl (C=O) groups is 2. The summed E-state index contributed by atoms with van der Waals surface area (Å²) in [6.45, 7) is 3.86. The maximum absolute atomic E-state index is 11.9. The van der Waals surface area contributed by atoms with E-state index in [4.69, 9.17) is 16.3 Å².